The lowest BCUT2D eigenvalue weighted by Crippen LogP contribution is -2.51. The van der Waals surface area contributed by atoms with E-state index >= 15 is 0 Å². The molecule has 16 heavy (non-hydrogen) atoms. The Labute approximate surface area is 110 Å². The van der Waals surface area contributed by atoms with Crippen LogP contribution in [0.4, 0.5) is 0 Å². The summed E-state index contributed by atoms with van der Waals surface area (Å²) in [5, 5.41) is 3.13. The van der Waals surface area contributed by atoms with Crippen LogP contribution in [0, 0.1) is 10.5 Å². The highest BCUT2D eigenvalue weighted by Crippen LogP contribution is 2.31. The molecule has 0 heterocycles. The average molecular weight is 329 g/mol. The molecule has 1 N–H and O–H groups in total. The number of benzene rings is 1. The second-order valence-corrected chi connectivity index (χ2v) is 5.94. The van der Waals surface area contributed by atoms with Crippen molar-refractivity contribution in [1.82, 2.24) is 5.32 Å². The Morgan fingerprint density at radius 3 is 2.69 bits per heavy atom. The van der Waals surface area contributed by atoms with Gasteiger partial charge in [-0.2, -0.15) is 0 Å². The maximum Gasteiger partial charge on any atom is 0.252 e. The first-order valence-electron chi connectivity index (χ1n) is 5.59. The SMILES string of the molecule is Cc1c(I)cccc1C(=O)NC1(C)CCC1. The molecular weight excluding hydrogens is 313 g/mol. The van der Waals surface area contributed by atoms with Gasteiger partial charge in [-0.25, -0.2) is 0 Å². The molecule has 1 saturated carbocycles. The Morgan fingerprint density at radius 2 is 2.12 bits per heavy atom. The van der Waals surface area contributed by atoms with Crippen LogP contribution >= 0.6 is 22.6 Å². The van der Waals surface area contributed by atoms with Gasteiger partial charge in [0.2, 0.25) is 0 Å². The van der Waals surface area contributed by atoms with Gasteiger partial charge in [0.05, 0.1) is 0 Å². The van der Waals surface area contributed by atoms with Gasteiger partial charge in [-0.05, 0) is 73.4 Å². The summed E-state index contributed by atoms with van der Waals surface area (Å²) in [5.74, 6) is 0.0678. The van der Waals surface area contributed by atoms with E-state index in [1.807, 2.05) is 25.1 Å². The predicted octanol–water partition coefficient (Wildman–Crippen LogP) is 3.27. The number of hydrogen-bond acceptors (Lipinski definition) is 1. The highest BCUT2D eigenvalue weighted by molar-refractivity contribution is 14.1. The minimum atomic E-state index is 0.0325. The number of halogens is 1. The molecule has 0 unspecified atom stereocenters. The van der Waals surface area contributed by atoms with Crippen molar-refractivity contribution in [2.24, 2.45) is 0 Å². The number of carbonyl (C=O) groups excluding carboxylic acids is 1. The van der Waals surface area contributed by atoms with E-state index in [1.54, 1.807) is 0 Å². The summed E-state index contributed by atoms with van der Waals surface area (Å²) in [5.41, 5.74) is 1.91. The monoisotopic (exact) mass is 329 g/mol. The van der Waals surface area contributed by atoms with Gasteiger partial charge in [0.25, 0.3) is 5.91 Å². The molecule has 0 bridgehead atoms. The Hall–Kier alpha value is -0.580. The maximum absolute atomic E-state index is 12.1. The van der Waals surface area contributed by atoms with Crippen molar-refractivity contribution in [3.63, 3.8) is 0 Å². The number of hydrogen-bond donors (Lipinski definition) is 1. The van der Waals surface area contributed by atoms with Gasteiger partial charge in [0, 0.05) is 14.7 Å². The van der Waals surface area contributed by atoms with Crippen molar-refractivity contribution >= 4 is 28.5 Å². The third kappa shape index (κ3) is 2.24. The molecule has 2 nitrogen and oxygen atoms in total. The van der Waals surface area contributed by atoms with E-state index in [2.05, 4.69) is 34.8 Å². The topological polar surface area (TPSA) is 29.1 Å². The fraction of sp³-hybridized carbons (Fsp3) is 0.462. The average Bonchev–Trinajstić information content (AvgIpc) is 2.19. The minimum Gasteiger partial charge on any atom is -0.347 e. The van der Waals surface area contributed by atoms with Crippen LogP contribution in [0.1, 0.15) is 42.1 Å². The molecule has 1 amide bonds. The fourth-order valence-corrected chi connectivity index (χ4v) is 2.53. The smallest absolute Gasteiger partial charge is 0.252 e. The molecule has 1 aliphatic rings. The molecule has 3 heteroatoms. The molecule has 2 rings (SSSR count). The van der Waals surface area contributed by atoms with Gasteiger partial charge in [-0.15, -0.1) is 0 Å². The molecule has 1 aromatic carbocycles. The number of rotatable bonds is 2. The van der Waals surface area contributed by atoms with Gasteiger partial charge in [0.15, 0.2) is 0 Å². The van der Waals surface area contributed by atoms with Crippen LogP contribution < -0.4 is 5.32 Å². The lowest BCUT2D eigenvalue weighted by Gasteiger charge is -2.39. The van der Waals surface area contributed by atoms with Crippen molar-refractivity contribution in [3.8, 4) is 0 Å². The van der Waals surface area contributed by atoms with E-state index < -0.39 is 0 Å². The summed E-state index contributed by atoms with van der Waals surface area (Å²) in [6.45, 7) is 4.12. The molecule has 1 fully saturated rings. The van der Waals surface area contributed by atoms with Crippen LogP contribution in [0.15, 0.2) is 18.2 Å². The van der Waals surface area contributed by atoms with Crippen LogP contribution in [0.5, 0.6) is 0 Å². The normalized spacial score (nSPS) is 17.7. The molecule has 0 aliphatic heterocycles. The molecule has 86 valence electrons. The zero-order valence-electron chi connectivity index (χ0n) is 9.64. The third-order valence-corrected chi connectivity index (χ3v) is 4.55. The summed E-state index contributed by atoms with van der Waals surface area (Å²) in [7, 11) is 0. The lowest BCUT2D eigenvalue weighted by molar-refractivity contribution is 0.0850. The van der Waals surface area contributed by atoms with Crippen LogP contribution in [0.25, 0.3) is 0 Å². The first-order valence-corrected chi connectivity index (χ1v) is 6.67. The van der Waals surface area contributed by atoms with Crippen LogP contribution in [0.2, 0.25) is 0 Å². The van der Waals surface area contributed by atoms with E-state index in [-0.39, 0.29) is 11.4 Å². The van der Waals surface area contributed by atoms with Crippen molar-refractivity contribution in [2.45, 2.75) is 38.6 Å². The summed E-state index contributed by atoms with van der Waals surface area (Å²) in [6, 6.07) is 5.86. The first kappa shape index (κ1) is 11.9. The third-order valence-electron chi connectivity index (χ3n) is 3.38. The molecule has 0 saturated heterocycles. The second-order valence-electron chi connectivity index (χ2n) is 4.78. The molecule has 0 radical (unpaired) electrons. The van der Waals surface area contributed by atoms with E-state index in [0.717, 1.165) is 27.5 Å². The Kier molecular flexibility index (Phi) is 3.24. The van der Waals surface area contributed by atoms with E-state index in [9.17, 15) is 4.79 Å². The van der Waals surface area contributed by atoms with E-state index in [4.69, 9.17) is 0 Å². The van der Waals surface area contributed by atoms with Crippen molar-refractivity contribution in [2.75, 3.05) is 0 Å². The molecule has 1 aliphatic carbocycles. The van der Waals surface area contributed by atoms with E-state index in [1.165, 1.54) is 6.42 Å². The lowest BCUT2D eigenvalue weighted by atomic mass is 9.78. The van der Waals surface area contributed by atoms with Gasteiger partial charge >= 0.3 is 0 Å². The minimum absolute atomic E-state index is 0.0325. The Morgan fingerprint density at radius 1 is 1.44 bits per heavy atom. The highest BCUT2D eigenvalue weighted by Gasteiger charge is 2.33. The van der Waals surface area contributed by atoms with Gasteiger partial charge < -0.3 is 5.32 Å². The first-order chi connectivity index (χ1) is 7.52. The largest absolute Gasteiger partial charge is 0.347 e. The second kappa shape index (κ2) is 4.35. The summed E-state index contributed by atoms with van der Waals surface area (Å²) >= 11 is 2.26. The molecular formula is C13H16INO. The van der Waals surface area contributed by atoms with E-state index in [0.29, 0.717) is 0 Å². The molecule has 0 aromatic heterocycles. The van der Waals surface area contributed by atoms with Gasteiger partial charge in [0.1, 0.15) is 0 Å². The number of amides is 1. The van der Waals surface area contributed by atoms with Crippen molar-refractivity contribution < 1.29 is 4.79 Å². The Bertz CT molecular complexity index is 424. The van der Waals surface area contributed by atoms with Crippen LogP contribution in [0.3, 0.4) is 0 Å². The zero-order valence-corrected chi connectivity index (χ0v) is 11.8. The molecule has 1 aromatic rings. The van der Waals surface area contributed by atoms with Crippen LogP contribution in [-0.4, -0.2) is 11.4 Å². The summed E-state index contributed by atoms with van der Waals surface area (Å²) in [4.78, 5) is 12.1. The van der Waals surface area contributed by atoms with Crippen molar-refractivity contribution in [3.05, 3.63) is 32.9 Å². The van der Waals surface area contributed by atoms with Crippen molar-refractivity contribution in [1.29, 1.82) is 0 Å². The summed E-state index contributed by atoms with van der Waals surface area (Å²) < 4.78 is 1.14. The fourth-order valence-electron chi connectivity index (χ4n) is 2.03. The van der Waals surface area contributed by atoms with Crippen LogP contribution in [-0.2, 0) is 0 Å². The highest BCUT2D eigenvalue weighted by atomic mass is 127. The number of carbonyl (C=O) groups is 1. The number of nitrogens with one attached hydrogen (secondary N) is 1. The molecule has 0 atom stereocenters. The zero-order chi connectivity index (χ0) is 11.8. The predicted molar refractivity (Wildman–Crippen MR) is 73.6 cm³/mol. The molecule has 0 spiro atoms. The van der Waals surface area contributed by atoms with Gasteiger partial charge in [-0.1, -0.05) is 6.07 Å². The Balaban J connectivity index is 2.17. The standard InChI is InChI=1S/C13H16INO/c1-9-10(5-3-6-11(9)14)12(16)15-13(2)7-4-8-13/h3,5-6H,4,7-8H2,1-2H3,(H,15,16). The maximum atomic E-state index is 12.1. The van der Waals surface area contributed by atoms with Gasteiger partial charge in [-0.3, -0.25) is 4.79 Å². The quantitative estimate of drug-likeness (QED) is 0.829. The summed E-state index contributed by atoms with van der Waals surface area (Å²) in [6.07, 6.45) is 3.42.